The highest BCUT2D eigenvalue weighted by atomic mass is 35.5. The first-order valence-corrected chi connectivity index (χ1v) is 9.36. The van der Waals surface area contributed by atoms with Gasteiger partial charge in [0.1, 0.15) is 12.4 Å². The van der Waals surface area contributed by atoms with E-state index in [4.69, 9.17) is 27.9 Å². The van der Waals surface area contributed by atoms with Crippen molar-refractivity contribution in [1.29, 1.82) is 0 Å². The first-order chi connectivity index (χ1) is 12.7. The van der Waals surface area contributed by atoms with Gasteiger partial charge in [-0.25, -0.2) is 0 Å². The molecule has 5 heteroatoms. The van der Waals surface area contributed by atoms with Crippen molar-refractivity contribution in [3.63, 3.8) is 0 Å². The zero-order chi connectivity index (χ0) is 18.2. The van der Waals surface area contributed by atoms with Gasteiger partial charge in [0.15, 0.2) is 0 Å². The highest BCUT2D eigenvalue weighted by molar-refractivity contribution is 6.35. The van der Waals surface area contributed by atoms with Gasteiger partial charge in [0.05, 0.1) is 0 Å². The molecule has 142 valence electrons. The largest absolute Gasteiger partial charge is 0.489 e. The molecule has 0 bridgehead atoms. The number of ether oxygens (including phenoxy) is 1. The van der Waals surface area contributed by atoms with Crippen LogP contribution < -0.4 is 10.1 Å². The molecule has 27 heavy (non-hydrogen) atoms. The fourth-order valence-electron chi connectivity index (χ4n) is 2.66. The first kappa shape index (κ1) is 21.6. The van der Waals surface area contributed by atoms with E-state index in [1.54, 1.807) is 6.07 Å². The average molecular weight is 423 g/mol. The van der Waals surface area contributed by atoms with Crippen molar-refractivity contribution >= 4 is 35.6 Å². The van der Waals surface area contributed by atoms with Gasteiger partial charge in [-0.1, -0.05) is 71.7 Å². The van der Waals surface area contributed by atoms with E-state index in [0.29, 0.717) is 16.7 Å². The van der Waals surface area contributed by atoms with Gasteiger partial charge in [-0.05, 0) is 48.4 Å². The summed E-state index contributed by atoms with van der Waals surface area (Å²) in [6.45, 7) is 2.17. The van der Waals surface area contributed by atoms with Gasteiger partial charge >= 0.3 is 0 Å². The number of nitrogens with one attached hydrogen (secondary N) is 1. The van der Waals surface area contributed by atoms with E-state index in [1.807, 2.05) is 30.3 Å². The van der Waals surface area contributed by atoms with Crippen LogP contribution in [0.3, 0.4) is 0 Å². The smallest absolute Gasteiger partial charge is 0.120 e. The fourth-order valence-corrected chi connectivity index (χ4v) is 3.12. The molecule has 0 radical (unpaired) electrons. The number of hydrogen-bond acceptors (Lipinski definition) is 2. The van der Waals surface area contributed by atoms with E-state index in [-0.39, 0.29) is 12.4 Å². The quantitative estimate of drug-likeness (QED) is 0.428. The summed E-state index contributed by atoms with van der Waals surface area (Å²) >= 11 is 12.1. The second-order valence-electron chi connectivity index (χ2n) is 6.08. The van der Waals surface area contributed by atoms with Crippen LogP contribution in [0.2, 0.25) is 10.0 Å². The molecule has 0 spiro atoms. The highest BCUT2D eigenvalue weighted by Crippen LogP contribution is 2.23. The fraction of sp³-hybridized carbons (Fsp3) is 0.182. The molecule has 3 aromatic rings. The minimum Gasteiger partial charge on any atom is -0.489 e. The molecular weight excluding hydrogens is 401 g/mol. The van der Waals surface area contributed by atoms with Crippen molar-refractivity contribution in [2.75, 3.05) is 6.54 Å². The number of halogens is 3. The van der Waals surface area contributed by atoms with Crippen LogP contribution in [-0.4, -0.2) is 6.54 Å². The number of rotatable bonds is 8. The summed E-state index contributed by atoms with van der Waals surface area (Å²) in [6, 6.07) is 24.0. The van der Waals surface area contributed by atoms with Crippen LogP contribution in [0.4, 0.5) is 0 Å². The summed E-state index contributed by atoms with van der Waals surface area (Å²) in [5.74, 6) is 0.832. The standard InChI is InChI=1S/C22H21Cl2NO.ClH/c23-20-10-9-19(22(24)14-20)16-26-21-8-4-7-18(13-21)15-25-12-11-17-5-2-1-3-6-17;/h1-10,13-14,25H,11-12,15-16H2;1H. The monoisotopic (exact) mass is 421 g/mol. The van der Waals surface area contributed by atoms with Gasteiger partial charge in [-0.2, -0.15) is 0 Å². The molecule has 0 aliphatic heterocycles. The Morgan fingerprint density at radius 1 is 0.815 bits per heavy atom. The van der Waals surface area contributed by atoms with Gasteiger partial charge in [0.2, 0.25) is 0 Å². The van der Waals surface area contributed by atoms with Gasteiger partial charge in [0.25, 0.3) is 0 Å². The van der Waals surface area contributed by atoms with E-state index in [2.05, 4.69) is 41.7 Å². The van der Waals surface area contributed by atoms with Crippen LogP contribution in [0.5, 0.6) is 5.75 Å². The summed E-state index contributed by atoms with van der Waals surface area (Å²) in [5, 5.41) is 4.72. The Morgan fingerprint density at radius 3 is 2.37 bits per heavy atom. The SMILES string of the molecule is Cl.Clc1ccc(COc2cccc(CNCCc3ccccc3)c2)c(Cl)c1. The summed E-state index contributed by atoms with van der Waals surface area (Å²) in [7, 11) is 0. The van der Waals surface area contributed by atoms with Crippen LogP contribution in [0, 0.1) is 0 Å². The lowest BCUT2D eigenvalue weighted by Gasteiger charge is -2.10. The molecule has 2 nitrogen and oxygen atoms in total. The molecule has 0 aromatic heterocycles. The highest BCUT2D eigenvalue weighted by Gasteiger charge is 2.03. The maximum absolute atomic E-state index is 6.19. The first-order valence-electron chi connectivity index (χ1n) is 8.61. The molecule has 0 fully saturated rings. The van der Waals surface area contributed by atoms with Gasteiger partial charge in [0, 0.05) is 22.2 Å². The summed E-state index contributed by atoms with van der Waals surface area (Å²) in [5.41, 5.74) is 3.46. The Bertz CT molecular complexity index is 840. The number of hydrogen-bond donors (Lipinski definition) is 1. The summed E-state index contributed by atoms with van der Waals surface area (Å²) < 4.78 is 5.87. The van der Waals surface area contributed by atoms with Gasteiger partial charge in [-0.15, -0.1) is 12.4 Å². The van der Waals surface area contributed by atoms with Crippen LogP contribution in [0.25, 0.3) is 0 Å². The van der Waals surface area contributed by atoms with E-state index in [1.165, 1.54) is 11.1 Å². The van der Waals surface area contributed by atoms with E-state index in [9.17, 15) is 0 Å². The van der Waals surface area contributed by atoms with Crippen molar-refractivity contribution in [2.45, 2.75) is 19.6 Å². The van der Waals surface area contributed by atoms with Crippen LogP contribution in [0.15, 0.2) is 72.8 Å². The van der Waals surface area contributed by atoms with Crippen molar-refractivity contribution in [3.8, 4) is 5.75 Å². The molecule has 0 aliphatic rings. The molecule has 0 amide bonds. The Labute approximate surface area is 176 Å². The van der Waals surface area contributed by atoms with Gasteiger partial charge in [-0.3, -0.25) is 0 Å². The molecular formula is C22H22Cl3NO. The molecule has 3 rings (SSSR count). The lowest BCUT2D eigenvalue weighted by Crippen LogP contribution is -2.16. The van der Waals surface area contributed by atoms with E-state index in [0.717, 1.165) is 30.8 Å². The summed E-state index contributed by atoms with van der Waals surface area (Å²) in [6.07, 6.45) is 1.02. The Hall–Kier alpha value is -1.71. The molecule has 0 unspecified atom stereocenters. The van der Waals surface area contributed by atoms with E-state index >= 15 is 0 Å². The van der Waals surface area contributed by atoms with Crippen molar-refractivity contribution in [1.82, 2.24) is 5.32 Å². The second-order valence-corrected chi connectivity index (χ2v) is 6.93. The Balaban J connectivity index is 0.00000261. The van der Waals surface area contributed by atoms with Gasteiger partial charge < -0.3 is 10.1 Å². The van der Waals surface area contributed by atoms with E-state index < -0.39 is 0 Å². The minimum absolute atomic E-state index is 0. The van der Waals surface area contributed by atoms with Crippen LogP contribution in [-0.2, 0) is 19.6 Å². The zero-order valence-corrected chi connectivity index (χ0v) is 17.2. The predicted octanol–water partition coefficient (Wildman–Crippen LogP) is 6.33. The molecule has 0 saturated carbocycles. The molecule has 0 aliphatic carbocycles. The third kappa shape index (κ3) is 7.08. The average Bonchev–Trinajstić information content (AvgIpc) is 2.66. The predicted molar refractivity (Wildman–Crippen MR) is 116 cm³/mol. The van der Waals surface area contributed by atoms with Crippen molar-refractivity contribution in [3.05, 3.63) is 99.5 Å². The third-order valence-corrected chi connectivity index (χ3v) is 4.66. The van der Waals surface area contributed by atoms with Crippen molar-refractivity contribution in [2.24, 2.45) is 0 Å². The van der Waals surface area contributed by atoms with Crippen molar-refractivity contribution < 1.29 is 4.74 Å². The second kappa shape index (κ2) is 11.2. The normalized spacial score (nSPS) is 10.3. The maximum Gasteiger partial charge on any atom is 0.120 e. The maximum atomic E-state index is 6.19. The zero-order valence-electron chi connectivity index (χ0n) is 14.8. The Morgan fingerprint density at radius 2 is 1.59 bits per heavy atom. The summed E-state index contributed by atoms with van der Waals surface area (Å²) in [4.78, 5) is 0. The topological polar surface area (TPSA) is 21.3 Å². The number of benzene rings is 3. The van der Waals surface area contributed by atoms with Crippen LogP contribution >= 0.6 is 35.6 Å². The molecule has 0 atom stereocenters. The lowest BCUT2D eigenvalue weighted by atomic mass is 10.1. The molecule has 3 aromatic carbocycles. The minimum atomic E-state index is 0. The molecule has 0 saturated heterocycles. The van der Waals surface area contributed by atoms with Crippen LogP contribution in [0.1, 0.15) is 16.7 Å². The molecule has 0 heterocycles. The lowest BCUT2D eigenvalue weighted by molar-refractivity contribution is 0.306. The third-order valence-electron chi connectivity index (χ3n) is 4.07. The molecule has 1 N–H and O–H groups in total. The Kier molecular flexibility index (Phi) is 8.96.